The number of aromatic nitrogens is 1. The Hall–Kier alpha value is -2.76. The molecule has 6 heteroatoms. The summed E-state index contributed by atoms with van der Waals surface area (Å²) in [5.74, 6) is 0.0592. The van der Waals surface area contributed by atoms with Crippen molar-refractivity contribution in [2.24, 2.45) is 0 Å². The van der Waals surface area contributed by atoms with Crippen molar-refractivity contribution in [1.29, 1.82) is 0 Å². The lowest BCUT2D eigenvalue weighted by atomic mass is 10.1. The highest BCUT2D eigenvalue weighted by atomic mass is 16.5. The molecule has 3 rings (SSSR count). The minimum atomic E-state index is -0.444. The Labute approximate surface area is 159 Å². The van der Waals surface area contributed by atoms with Crippen LogP contribution in [0.25, 0.3) is 0 Å². The van der Waals surface area contributed by atoms with Gasteiger partial charge in [-0.3, -0.25) is 4.79 Å². The summed E-state index contributed by atoms with van der Waals surface area (Å²) in [4.78, 5) is 24.2. The number of methoxy groups -OCH3 is 1. The first kappa shape index (κ1) is 19.0. The molecule has 1 fully saturated rings. The number of benzene rings is 1. The van der Waals surface area contributed by atoms with Gasteiger partial charge >= 0.3 is 5.97 Å². The summed E-state index contributed by atoms with van der Waals surface area (Å²) in [6, 6.07) is 10.0. The molecule has 1 amide bonds. The van der Waals surface area contributed by atoms with Gasteiger partial charge in [-0.1, -0.05) is 12.1 Å². The van der Waals surface area contributed by atoms with E-state index < -0.39 is 5.97 Å². The van der Waals surface area contributed by atoms with Crippen molar-refractivity contribution >= 4 is 11.9 Å². The summed E-state index contributed by atoms with van der Waals surface area (Å²) in [6.07, 6.45) is 3.01. The first-order valence-electron chi connectivity index (χ1n) is 9.24. The van der Waals surface area contributed by atoms with E-state index in [1.54, 1.807) is 7.11 Å². The molecule has 144 valence electrons. The summed E-state index contributed by atoms with van der Waals surface area (Å²) in [5.41, 5.74) is 3.62. The average molecular weight is 370 g/mol. The number of hydrogen-bond acceptors (Lipinski definition) is 4. The normalized spacial score (nSPS) is 13.3. The molecule has 1 aliphatic carbocycles. The Kier molecular flexibility index (Phi) is 5.84. The van der Waals surface area contributed by atoms with Crippen molar-refractivity contribution in [3.8, 4) is 5.75 Å². The molecular weight excluding hydrogens is 344 g/mol. The van der Waals surface area contributed by atoms with Gasteiger partial charge in [-0.25, -0.2) is 4.79 Å². The van der Waals surface area contributed by atoms with E-state index in [0.717, 1.165) is 35.5 Å². The van der Waals surface area contributed by atoms with Gasteiger partial charge < -0.3 is 19.4 Å². The number of nitrogens with zero attached hydrogens (tertiary/aromatic N) is 1. The van der Waals surface area contributed by atoms with Crippen molar-refractivity contribution in [2.45, 2.75) is 39.2 Å². The average Bonchev–Trinajstić information content (AvgIpc) is 3.45. The maximum Gasteiger partial charge on any atom is 0.340 e. The fraction of sp³-hybridized carbons (Fsp3) is 0.429. The lowest BCUT2D eigenvalue weighted by Gasteiger charge is -2.09. The molecule has 27 heavy (non-hydrogen) atoms. The summed E-state index contributed by atoms with van der Waals surface area (Å²) >= 11 is 0. The zero-order chi connectivity index (χ0) is 19.4. The van der Waals surface area contributed by atoms with Crippen molar-refractivity contribution in [1.82, 2.24) is 9.88 Å². The molecule has 0 saturated heterocycles. The fourth-order valence-corrected chi connectivity index (χ4v) is 3.28. The predicted molar refractivity (Wildman–Crippen MR) is 102 cm³/mol. The predicted octanol–water partition coefficient (Wildman–Crippen LogP) is 2.96. The third-order valence-corrected chi connectivity index (χ3v) is 4.85. The molecule has 6 nitrogen and oxygen atoms in total. The van der Waals surface area contributed by atoms with E-state index >= 15 is 0 Å². The van der Waals surface area contributed by atoms with E-state index in [2.05, 4.69) is 9.88 Å². The smallest absolute Gasteiger partial charge is 0.340 e. The topological polar surface area (TPSA) is 69.6 Å². The number of carbonyl (C=O) groups excluding carboxylic acids is 2. The summed E-state index contributed by atoms with van der Waals surface area (Å²) in [5, 5.41) is 2.77. The van der Waals surface area contributed by atoms with Crippen LogP contribution in [0.4, 0.5) is 0 Å². The number of carbonyl (C=O) groups is 2. The van der Waals surface area contributed by atoms with Gasteiger partial charge in [0.2, 0.25) is 0 Å². The second-order valence-electron chi connectivity index (χ2n) is 6.91. The van der Waals surface area contributed by atoms with E-state index in [1.807, 2.05) is 44.2 Å². The van der Waals surface area contributed by atoms with E-state index in [-0.39, 0.29) is 12.5 Å². The molecule has 1 aromatic heterocycles. The zero-order valence-electron chi connectivity index (χ0n) is 16.1. The van der Waals surface area contributed by atoms with Crippen LogP contribution in [-0.4, -0.2) is 36.7 Å². The zero-order valence-corrected chi connectivity index (χ0v) is 16.1. The maximum atomic E-state index is 12.3. The number of rotatable bonds is 8. The summed E-state index contributed by atoms with van der Waals surface area (Å²) < 4.78 is 12.5. The van der Waals surface area contributed by atoms with Crippen LogP contribution in [0.15, 0.2) is 30.3 Å². The van der Waals surface area contributed by atoms with Crippen LogP contribution in [-0.2, 0) is 16.0 Å². The van der Waals surface area contributed by atoms with Crippen LogP contribution in [0, 0.1) is 13.8 Å². The van der Waals surface area contributed by atoms with Crippen molar-refractivity contribution in [2.75, 3.05) is 20.3 Å². The van der Waals surface area contributed by atoms with Gasteiger partial charge in [0.1, 0.15) is 5.75 Å². The molecule has 0 atom stereocenters. The second-order valence-corrected chi connectivity index (χ2v) is 6.91. The van der Waals surface area contributed by atoms with Crippen LogP contribution >= 0.6 is 0 Å². The molecular formula is C21H26N2O4. The maximum absolute atomic E-state index is 12.3. The molecule has 1 aromatic carbocycles. The quantitative estimate of drug-likeness (QED) is 0.726. The standard InChI is InChI=1S/C21H26N2O4/c1-14-12-19(15(2)23(14)17-6-7-17)21(25)27-13-20(24)22-11-10-16-4-8-18(26-3)9-5-16/h4-5,8-9,12,17H,6-7,10-11,13H2,1-3H3,(H,22,24). The third-order valence-electron chi connectivity index (χ3n) is 4.85. The van der Waals surface area contributed by atoms with Crippen LogP contribution in [0.5, 0.6) is 5.75 Å². The highest BCUT2D eigenvalue weighted by Crippen LogP contribution is 2.38. The molecule has 0 spiro atoms. The molecule has 1 N–H and O–H groups in total. The van der Waals surface area contributed by atoms with Gasteiger partial charge in [-0.05, 0) is 56.9 Å². The van der Waals surface area contributed by atoms with Gasteiger partial charge in [0.05, 0.1) is 12.7 Å². The lowest BCUT2D eigenvalue weighted by Crippen LogP contribution is -2.30. The number of nitrogens with one attached hydrogen (secondary N) is 1. The second kappa shape index (κ2) is 8.29. The van der Waals surface area contributed by atoms with Gasteiger partial charge in [0.25, 0.3) is 5.91 Å². The molecule has 0 unspecified atom stereocenters. The molecule has 1 aliphatic rings. The number of esters is 1. The van der Waals surface area contributed by atoms with Gasteiger partial charge in [-0.2, -0.15) is 0 Å². The Morgan fingerprint density at radius 1 is 1.19 bits per heavy atom. The fourth-order valence-electron chi connectivity index (χ4n) is 3.28. The molecule has 1 heterocycles. The SMILES string of the molecule is COc1ccc(CCNC(=O)COC(=O)c2cc(C)n(C3CC3)c2C)cc1. The minimum absolute atomic E-state index is 0.269. The van der Waals surface area contributed by atoms with Crippen molar-refractivity contribution in [3.05, 3.63) is 52.8 Å². The molecule has 0 radical (unpaired) electrons. The van der Waals surface area contributed by atoms with Gasteiger partial charge in [0.15, 0.2) is 6.61 Å². The molecule has 0 aliphatic heterocycles. The van der Waals surface area contributed by atoms with Crippen LogP contribution in [0.3, 0.4) is 0 Å². The van der Waals surface area contributed by atoms with Gasteiger partial charge in [-0.15, -0.1) is 0 Å². The lowest BCUT2D eigenvalue weighted by molar-refractivity contribution is -0.124. The highest BCUT2D eigenvalue weighted by Gasteiger charge is 2.28. The first-order chi connectivity index (χ1) is 13.0. The van der Waals surface area contributed by atoms with Crippen LogP contribution in [0.2, 0.25) is 0 Å². The molecule has 0 bridgehead atoms. The van der Waals surface area contributed by atoms with E-state index in [1.165, 1.54) is 0 Å². The Balaban J connectivity index is 1.43. The van der Waals surface area contributed by atoms with E-state index in [9.17, 15) is 9.59 Å². The number of aryl methyl sites for hydroxylation is 1. The van der Waals surface area contributed by atoms with Crippen LogP contribution in [0.1, 0.15) is 46.2 Å². The third kappa shape index (κ3) is 4.70. The largest absolute Gasteiger partial charge is 0.497 e. The Bertz CT molecular complexity index is 819. The van der Waals surface area contributed by atoms with Gasteiger partial charge in [0, 0.05) is 24.0 Å². The van der Waals surface area contributed by atoms with Crippen molar-refractivity contribution in [3.63, 3.8) is 0 Å². The summed E-state index contributed by atoms with van der Waals surface area (Å²) in [7, 11) is 1.63. The van der Waals surface area contributed by atoms with Crippen LogP contribution < -0.4 is 10.1 Å². The first-order valence-corrected chi connectivity index (χ1v) is 9.24. The number of hydrogen-bond donors (Lipinski definition) is 1. The van der Waals surface area contributed by atoms with Crippen molar-refractivity contribution < 1.29 is 19.1 Å². The van der Waals surface area contributed by atoms with E-state index in [4.69, 9.17) is 9.47 Å². The number of ether oxygens (including phenoxy) is 2. The summed E-state index contributed by atoms with van der Waals surface area (Å²) in [6.45, 7) is 4.14. The number of amides is 1. The molecule has 1 saturated carbocycles. The molecule has 2 aromatic rings. The monoisotopic (exact) mass is 370 g/mol. The Morgan fingerprint density at radius 2 is 1.89 bits per heavy atom. The Morgan fingerprint density at radius 3 is 2.52 bits per heavy atom. The highest BCUT2D eigenvalue weighted by molar-refractivity contribution is 5.92. The minimum Gasteiger partial charge on any atom is -0.497 e. The van der Waals surface area contributed by atoms with E-state index in [0.29, 0.717) is 24.6 Å².